The van der Waals surface area contributed by atoms with E-state index in [1.807, 2.05) is 4.90 Å². The number of urea groups is 1. The molecule has 1 aliphatic heterocycles. The summed E-state index contributed by atoms with van der Waals surface area (Å²) >= 11 is 0. The lowest BCUT2D eigenvalue weighted by atomic mass is 9.92. The van der Waals surface area contributed by atoms with E-state index in [2.05, 4.69) is 5.32 Å². The van der Waals surface area contributed by atoms with Crippen molar-refractivity contribution < 1.29 is 14.7 Å². The molecule has 5 nitrogen and oxygen atoms in total. The highest BCUT2D eigenvalue weighted by Crippen LogP contribution is 2.37. The summed E-state index contributed by atoms with van der Waals surface area (Å²) in [5, 5.41) is 12.3. The molecule has 112 valence electrons. The van der Waals surface area contributed by atoms with E-state index in [-0.39, 0.29) is 6.03 Å². The first kappa shape index (κ1) is 13.7. The Hall–Kier alpha value is -1.26. The number of likely N-dealkylation sites (tertiary alicyclic amines) is 1. The van der Waals surface area contributed by atoms with Crippen LogP contribution in [0.15, 0.2) is 0 Å². The van der Waals surface area contributed by atoms with Crippen LogP contribution in [0.3, 0.4) is 0 Å². The maximum absolute atomic E-state index is 12.6. The van der Waals surface area contributed by atoms with Crippen LogP contribution in [0.5, 0.6) is 0 Å². The number of carboxylic acid groups (broad SMARTS) is 1. The summed E-state index contributed by atoms with van der Waals surface area (Å²) in [6, 6.07) is 0.196. The predicted molar refractivity (Wildman–Crippen MR) is 74.4 cm³/mol. The molecule has 2 aliphatic carbocycles. The third-order valence-electron chi connectivity index (χ3n) is 5.47. The molecule has 0 aromatic heterocycles. The Morgan fingerprint density at radius 2 is 1.75 bits per heavy atom. The van der Waals surface area contributed by atoms with E-state index in [1.54, 1.807) is 0 Å². The maximum Gasteiger partial charge on any atom is 0.329 e. The van der Waals surface area contributed by atoms with Crippen LogP contribution in [0.4, 0.5) is 4.79 Å². The summed E-state index contributed by atoms with van der Waals surface area (Å²) < 4.78 is 0. The van der Waals surface area contributed by atoms with Gasteiger partial charge in [-0.15, -0.1) is 0 Å². The van der Waals surface area contributed by atoms with E-state index < -0.39 is 11.5 Å². The zero-order chi connectivity index (χ0) is 14.2. The van der Waals surface area contributed by atoms with Crippen LogP contribution in [0.1, 0.15) is 57.8 Å². The largest absolute Gasteiger partial charge is 0.480 e. The average Bonchev–Trinajstić information content (AvgIpc) is 3.06. The molecule has 2 atom stereocenters. The van der Waals surface area contributed by atoms with Crippen LogP contribution < -0.4 is 5.32 Å². The molecular formula is C15H24N2O3. The van der Waals surface area contributed by atoms with E-state index in [0.29, 0.717) is 24.8 Å². The maximum atomic E-state index is 12.6. The van der Waals surface area contributed by atoms with Gasteiger partial charge in [0.2, 0.25) is 0 Å². The highest BCUT2D eigenvalue weighted by molar-refractivity contribution is 5.86. The molecule has 0 aromatic rings. The number of aliphatic carboxylic acids is 1. The molecule has 0 aromatic carbocycles. The summed E-state index contributed by atoms with van der Waals surface area (Å²) in [7, 11) is 0. The fourth-order valence-electron chi connectivity index (χ4n) is 4.35. The van der Waals surface area contributed by atoms with Crippen LogP contribution in [-0.2, 0) is 4.79 Å². The van der Waals surface area contributed by atoms with Gasteiger partial charge in [-0.25, -0.2) is 9.59 Å². The van der Waals surface area contributed by atoms with E-state index in [0.717, 1.165) is 32.2 Å². The van der Waals surface area contributed by atoms with Crippen molar-refractivity contribution in [1.82, 2.24) is 10.2 Å². The van der Waals surface area contributed by atoms with Crippen LogP contribution in [0, 0.1) is 5.92 Å². The van der Waals surface area contributed by atoms with Gasteiger partial charge in [-0.05, 0) is 44.4 Å². The Balaban J connectivity index is 1.70. The number of rotatable bonds is 2. The van der Waals surface area contributed by atoms with E-state index in [4.69, 9.17) is 0 Å². The normalized spacial score (nSPS) is 31.9. The van der Waals surface area contributed by atoms with E-state index in [9.17, 15) is 14.7 Å². The zero-order valence-corrected chi connectivity index (χ0v) is 11.9. The Kier molecular flexibility index (Phi) is 3.61. The lowest BCUT2D eigenvalue weighted by molar-refractivity contribution is -0.144. The van der Waals surface area contributed by atoms with Gasteiger partial charge in [0, 0.05) is 12.6 Å². The highest BCUT2D eigenvalue weighted by Gasteiger charge is 2.45. The van der Waals surface area contributed by atoms with Gasteiger partial charge in [0.05, 0.1) is 0 Å². The summed E-state index contributed by atoms with van der Waals surface area (Å²) in [5.41, 5.74) is -1.01. The van der Waals surface area contributed by atoms with Crippen molar-refractivity contribution in [1.29, 1.82) is 0 Å². The minimum absolute atomic E-state index is 0.147. The summed E-state index contributed by atoms with van der Waals surface area (Å²) in [6.45, 7) is 0.780. The first-order chi connectivity index (χ1) is 9.62. The molecule has 2 saturated carbocycles. The van der Waals surface area contributed by atoms with Gasteiger partial charge in [-0.1, -0.05) is 19.3 Å². The van der Waals surface area contributed by atoms with Crippen molar-refractivity contribution in [3.63, 3.8) is 0 Å². The second-order valence-corrected chi connectivity index (χ2v) is 6.62. The second kappa shape index (κ2) is 5.26. The summed E-state index contributed by atoms with van der Waals surface area (Å²) in [4.78, 5) is 26.0. The molecule has 2 N–H and O–H groups in total. The van der Waals surface area contributed by atoms with Crippen LogP contribution >= 0.6 is 0 Å². The van der Waals surface area contributed by atoms with Crippen molar-refractivity contribution in [2.75, 3.05) is 6.54 Å². The van der Waals surface area contributed by atoms with Gasteiger partial charge in [-0.3, -0.25) is 0 Å². The molecule has 2 unspecified atom stereocenters. The molecular weight excluding hydrogens is 256 g/mol. The molecule has 1 heterocycles. The second-order valence-electron chi connectivity index (χ2n) is 6.62. The Morgan fingerprint density at radius 1 is 1.05 bits per heavy atom. The first-order valence-corrected chi connectivity index (χ1v) is 7.95. The monoisotopic (exact) mass is 280 g/mol. The van der Waals surface area contributed by atoms with Crippen molar-refractivity contribution in [2.24, 2.45) is 5.92 Å². The molecule has 20 heavy (non-hydrogen) atoms. The molecule has 3 fully saturated rings. The van der Waals surface area contributed by atoms with E-state index >= 15 is 0 Å². The smallest absolute Gasteiger partial charge is 0.329 e. The lowest BCUT2D eigenvalue weighted by Crippen LogP contribution is -2.59. The Morgan fingerprint density at radius 3 is 2.45 bits per heavy atom. The number of piperidine rings is 1. The molecule has 1 saturated heterocycles. The predicted octanol–water partition coefficient (Wildman–Crippen LogP) is 2.36. The SMILES string of the molecule is O=C(NC1(C(=O)O)CCCC1)N1CCCC2CCCC21. The minimum Gasteiger partial charge on any atom is -0.480 e. The Bertz CT molecular complexity index is 404. The first-order valence-electron chi connectivity index (χ1n) is 7.95. The molecule has 2 amide bonds. The van der Waals surface area contributed by atoms with Gasteiger partial charge >= 0.3 is 12.0 Å². The van der Waals surface area contributed by atoms with Crippen LogP contribution in [0.25, 0.3) is 0 Å². The lowest BCUT2D eigenvalue weighted by Gasteiger charge is -2.39. The quantitative estimate of drug-likeness (QED) is 0.815. The third kappa shape index (κ3) is 2.27. The van der Waals surface area contributed by atoms with Crippen LogP contribution in [0.2, 0.25) is 0 Å². The van der Waals surface area contributed by atoms with Gasteiger partial charge in [-0.2, -0.15) is 0 Å². The number of hydrogen-bond donors (Lipinski definition) is 2. The van der Waals surface area contributed by atoms with Gasteiger partial charge in [0.15, 0.2) is 0 Å². The number of nitrogens with one attached hydrogen (secondary N) is 1. The number of nitrogens with zero attached hydrogens (tertiary/aromatic N) is 1. The number of hydrogen-bond acceptors (Lipinski definition) is 2. The van der Waals surface area contributed by atoms with E-state index in [1.165, 1.54) is 19.3 Å². The molecule has 3 rings (SSSR count). The van der Waals surface area contributed by atoms with Crippen molar-refractivity contribution in [2.45, 2.75) is 69.4 Å². The molecule has 3 aliphatic rings. The molecule has 0 bridgehead atoms. The summed E-state index contributed by atoms with van der Waals surface area (Å²) in [6.07, 6.45) is 8.68. The number of amides is 2. The zero-order valence-electron chi connectivity index (χ0n) is 11.9. The minimum atomic E-state index is -1.01. The van der Waals surface area contributed by atoms with Crippen LogP contribution in [-0.4, -0.2) is 40.1 Å². The van der Waals surface area contributed by atoms with Gasteiger partial charge in [0.1, 0.15) is 5.54 Å². The fourth-order valence-corrected chi connectivity index (χ4v) is 4.35. The number of carbonyl (C=O) groups is 2. The third-order valence-corrected chi connectivity index (χ3v) is 5.47. The number of carbonyl (C=O) groups excluding carboxylic acids is 1. The standard InChI is InChI=1S/C15H24N2O3/c18-13(19)15(8-1-2-9-15)16-14(20)17-10-4-6-11-5-3-7-12(11)17/h11-12H,1-10H2,(H,16,20)(H,18,19). The van der Waals surface area contributed by atoms with Crippen molar-refractivity contribution >= 4 is 12.0 Å². The molecule has 0 spiro atoms. The van der Waals surface area contributed by atoms with Gasteiger partial charge < -0.3 is 15.3 Å². The van der Waals surface area contributed by atoms with Crippen molar-refractivity contribution in [3.05, 3.63) is 0 Å². The topological polar surface area (TPSA) is 69.6 Å². The van der Waals surface area contributed by atoms with Crippen molar-refractivity contribution in [3.8, 4) is 0 Å². The average molecular weight is 280 g/mol. The number of fused-ring (bicyclic) bond motifs is 1. The highest BCUT2D eigenvalue weighted by atomic mass is 16.4. The fraction of sp³-hybridized carbons (Fsp3) is 0.867. The summed E-state index contributed by atoms with van der Waals surface area (Å²) in [5.74, 6) is -0.234. The van der Waals surface area contributed by atoms with Gasteiger partial charge in [0.25, 0.3) is 0 Å². The Labute approximate surface area is 119 Å². The molecule has 0 radical (unpaired) electrons. The number of carboxylic acids is 1. The molecule has 5 heteroatoms.